The summed E-state index contributed by atoms with van der Waals surface area (Å²) in [5.74, 6) is 6.28. The zero-order valence-corrected chi connectivity index (χ0v) is 12.0. The molecule has 0 saturated carbocycles. The van der Waals surface area contributed by atoms with Crippen LogP contribution in [0, 0.1) is 21.4 Å². The molecule has 0 aliphatic carbocycles. The van der Waals surface area contributed by atoms with Crippen molar-refractivity contribution in [1.82, 2.24) is 9.97 Å². The highest BCUT2D eigenvalue weighted by molar-refractivity contribution is 5.59. The van der Waals surface area contributed by atoms with Crippen LogP contribution >= 0.6 is 0 Å². The molecule has 1 aliphatic heterocycles. The largest absolute Gasteiger partial charge is 0.350 e. The standard InChI is InChI=1S/C12H20N6O2/c1-12(2,3)8-4-5-17(7-8)10-9(18(19)20)6-14-11(15-10)16-13/h6,8H,4-5,7,13H2,1-3H3,(H,14,15,16). The van der Waals surface area contributed by atoms with Gasteiger partial charge in [-0.1, -0.05) is 20.8 Å². The average molecular weight is 280 g/mol. The lowest BCUT2D eigenvalue weighted by Gasteiger charge is -2.27. The maximum absolute atomic E-state index is 11.1. The SMILES string of the molecule is CC(C)(C)C1CCN(c2nc(NN)ncc2[N+](=O)[O-])C1. The van der Waals surface area contributed by atoms with E-state index in [2.05, 4.69) is 36.2 Å². The zero-order chi connectivity index (χ0) is 14.9. The van der Waals surface area contributed by atoms with Crippen molar-refractivity contribution in [2.45, 2.75) is 27.2 Å². The number of rotatable bonds is 3. The van der Waals surface area contributed by atoms with Crippen molar-refractivity contribution in [2.24, 2.45) is 17.2 Å². The number of nitro groups is 1. The van der Waals surface area contributed by atoms with Gasteiger partial charge in [0.2, 0.25) is 11.8 Å². The van der Waals surface area contributed by atoms with E-state index in [0.717, 1.165) is 19.5 Å². The van der Waals surface area contributed by atoms with Gasteiger partial charge in [-0.2, -0.15) is 4.98 Å². The molecule has 1 fully saturated rings. The molecular weight excluding hydrogens is 260 g/mol. The Hall–Kier alpha value is -1.96. The predicted octanol–water partition coefficient (Wildman–Crippen LogP) is 1.54. The highest BCUT2D eigenvalue weighted by atomic mass is 16.6. The van der Waals surface area contributed by atoms with Gasteiger partial charge in [-0.25, -0.2) is 10.8 Å². The van der Waals surface area contributed by atoms with E-state index < -0.39 is 4.92 Å². The third kappa shape index (κ3) is 2.79. The lowest BCUT2D eigenvalue weighted by molar-refractivity contribution is -0.384. The third-order valence-corrected chi connectivity index (χ3v) is 3.79. The summed E-state index contributed by atoms with van der Waals surface area (Å²) in [7, 11) is 0. The van der Waals surface area contributed by atoms with Gasteiger partial charge in [-0.15, -0.1) is 0 Å². The number of hydrogen-bond acceptors (Lipinski definition) is 7. The van der Waals surface area contributed by atoms with Crippen molar-refractivity contribution in [3.8, 4) is 0 Å². The smallest absolute Gasteiger partial charge is 0.329 e. The number of anilines is 2. The number of aromatic nitrogens is 2. The number of nitrogens with two attached hydrogens (primary N) is 1. The van der Waals surface area contributed by atoms with E-state index in [9.17, 15) is 10.1 Å². The Morgan fingerprint density at radius 2 is 2.25 bits per heavy atom. The van der Waals surface area contributed by atoms with Gasteiger partial charge >= 0.3 is 5.69 Å². The van der Waals surface area contributed by atoms with Gasteiger partial charge in [0.25, 0.3) is 0 Å². The second-order valence-electron chi connectivity index (χ2n) is 6.10. The van der Waals surface area contributed by atoms with Crippen LogP contribution in [-0.2, 0) is 0 Å². The number of nitrogens with one attached hydrogen (secondary N) is 1. The van der Waals surface area contributed by atoms with Crippen molar-refractivity contribution in [3.63, 3.8) is 0 Å². The second kappa shape index (κ2) is 5.20. The first kappa shape index (κ1) is 14.4. The summed E-state index contributed by atoms with van der Waals surface area (Å²) in [6, 6.07) is 0. The van der Waals surface area contributed by atoms with Gasteiger partial charge in [-0.3, -0.25) is 15.5 Å². The zero-order valence-electron chi connectivity index (χ0n) is 12.0. The van der Waals surface area contributed by atoms with Crippen LogP contribution < -0.4 is 16.2 Å². The molecule has 2 rings (SSSR count). The van der Waals surface area contributed by atoms with E-state index in [1.54, 1.807) is 0 Å². The molecule has 1 atom stereocenters. The first-order valence-electron chi connectivity index (χ1n) is 6.56. The monoisotopic (exact) mass is 280 g/mol. The summed E-state index contributed by atoms with van der Waals surface area (Å²) >= 11 is 0. The fourth-order valence-corrected chi connectivity index (χ4v) is 2.46. The van der Waals surface area contributed by atoms with Crippen LogP contribution in [-0.4, -0.2) is 28.0 Å². The highest BCUT2D eigenvalue weighted by Crippen LogP contribution is 2.37. The number of nitrogen functional groups attached to an aromatic ring is 1. The molecule has 8 heteroatoms. The Morgan fingerprint density at radius 1 is 1.55 bits per heavy atom. The van der Waals surface area contributed by atoms with Gasteiger partial charge in [0.15, 0.2) is 0 Å². The topological polar surface area (TPSA) is 110 Å². The Labute approximate surface area is 117 Å². The summed E-state index contributed by atoms with van der Waals surface area (Å²) in [5, 5.41) is 11.1. The number of nitrogens with zero attached hydrogens (tertiary/aromatic N) is 4. The summed E-state index contributed by atoms with van der Waals surface area (Å²) in [6.07, 6.45) is 2.19. The Balaban J connectivity index is 2.30. The number of hydrogen-bond donors (Lipinski definition) is 2. The Bertz CT molecular complexity index is 513. The van der Waals surface area contributed by atoms with Crippen molar-refractivity contribution < 1.29 is 4.92 Å². The van der Waals surface area contributed by atoms with E-state index in [4.69, 9.17) is 5.84 Å². The van der Waals surface area contributed by atoms with E-state index in [0.29, 0.717) is 11.7 Å². The number of hydrazine groups is 1. The van der Waals surface area contributed by atoms with Crippen LogP contribution in [0.2, 0.25) is 0 Å². The van der Waals surface area contributed by atoms with Crippen molar-refractivity contribution in [2.75, 3.05) is 23.4 Å². The molecule has 1 aromatic rings. The third-order valence-electron chi connectivity index (χ3n) is 3.79. The fourth-order valence-electron chi connectivity index (χ4n) is 2.46. The lowest BCUT2D eigenvalue weighted by atomic mass is 9.80. The van der Waals surface area contributed by atoms with Crippen LogP contribution in [0.5, 0.6) is 0 Å². The van der Waals surface area contributed by atoms with E-state index in [1.807, 2.05) is 4.90 Å². The van der Waals surface area contributed by atoms with Crippen molar-refractivity contribution in [1.29, 1.82) is 0 Å². The van der Waals surface area contributed by atoms with E-state index in [1.165, 1.54) is 6.20 Å². The second-order valence-corrected chi connectivity index (χ2v) is 6.10. The molecule has 0 radical (unpaired) electrons. The molecule has 0 spiro atoms. The molecule has 8 nitrogen and oxygen atoms in total. The molecule has 3 N–H and O–H groups in total. The molecule has 0 bridgehead atoms. The Kier molecular flexibility index (Phi) is 3.76. The average Bonchev–Trinajstić information content (AvgIpc) is 2.87. The van der Waals surface area contributed by atoms with Gasteiger partial charge in [-0.05, 0) is 17.8 Å². The predicted molar refractivity (Wildman–Crippen MR) is 76.3 cm³/mol. The lowest BCUT2D eigenvalue weighted by Crippen LogP contribution is -2.27. The van der Waals surface area contributed by atoms with Crippen LogP contribution in [0.1, 0.15) is 27.2 Å². The first-order valence-corrected chi connectivity index (χ1v) is 6.56. The van der Waals surface area contributed by atoms with Crippen molar-refractivity contribution in [3.05, 3.63) is 16.3 Å². The minimum Gasteiger partial charge on any atom is -0.350 e. The summed E-state index contributed by atoms with van der Waals surface area (Å²) < 4.78 is 0. The molecule has 1 unspecified atom stereocenters. The summed E-state index contributed by atoms with van der Waals surface area (Å²) in [5.41, 5.74) is 2.41. The van der Waals surface area contributed by atoms with Crippen LogP contribution in [0.25, 0.3) is 0 Å². The van der Waals surface area contributed by atoms with Crippen molar-refractivity contribution >= 4 is 17.5 Å². The fraction of sp³-hybridized carbons (Fsp3) is 0.667. The molecule has 1 aliphatic rings. The van der Waals surface area contributed by atoms with E-state index in [-0.39, 0.29) is 17.1 Å². The van der Waals surface area contributed by atoms with E-state index >= 15 is 0 Å². The van der Waals surface area contributed by atoms with Gasteiger partial charge < -0.3 is 4.90 Å². The van der Waals surface area contributed by atoms with Gasteiger partial charge in [0, 0.05) is 13.1 Å². The normalized spacial score (nSPS) is 19.2. The molecular formula is C12H20N6O2. The van der Waals surface area contributed by atoms with Crippen LogP contribution in [0.3, 0.4) is 0 Å². The summed E-state index contributed by atoms with van der Waals surface area (Å²) in [4.78, 5) is 20.5. The maximum atomic E-state index is 11.1. The Morgan fingerprint density at radius 3 is 2.75 bits per heavy atom. The van der Waals surface area contributed by atoms with Gasteiger partial charge in [0.1, 0.15) is 6.20 Å². The molecule has 0 aromatic carbocycles. The van der Waals surface area contributed by atoms with Gasteiger partial charge in [0.05, 0.1) is 4.92 Å². The summed E-state index contributed by atoms with van der Waals surface area (Å²) in [6.45, 7) is 8.06. The van der Waals surface area contributed by atoms with Crippen LogP contribution in [0.4, 0.5) is 17.5 Å². The molecule has 1 aromatic heterocycles. The quantitative estimate of drug-likeness (QED) is 0.491. The maximum Gasteiger partial charge on any atom is 0.329 e. The molecule has 1 saturated heterocycles. The minimum atomic E-state index is -0.458. The molecule has 2 heterocycles. The minimum absolute atomic E-state index is 0.0847. The first-order chi connectivity index (χ1) is 9.32. The van der Waals surface area contributed by atoms with Crippen LogP contribution in [0.15, 0.2) is 6.20 Å². The molecule has 110 valence electrons. The molecule has 0 amide bonds. The highest BCUT2D eigenvalue weighted by Gasteiger charge is 2.35. The molecule has 20 heavy (non-hydrogen) atoms.